The fourth-order valence-electron chi connectivity index (χ4n) is 5.26. The number of hydrogen-bond donors (Lipinski definition) is 2. The van der Waals surface area contributed by atoms with E-state index in [1.54, 1.807) is 4.90 Å². The second-order valence-corrected chi connectivity index (χ2v) is 8.34. The summed E-state index contributed by atoms with van der Waals surface area (Å²) in [4.78, 5) is 40.9. The Morgan fingerprint density at radius 1 is 0.964 bits per heavy atom. The van der Waals surface area contributed by atoms with Gasteiger partial charge in [0.05, 0.1) is 0 Å². The number of hydrogen-bond acceptors (Lipinski definition) is 5. The van der Waals surface area contributed by atoms with E-state index in [1.165, 1.54) is 19.3 Å². The molecule has 4 heterocycles. The van der Waals surface area contributed by atoms with Crippen LogP contribution in [0.5, 0.6) is 0 Å². The molecular formula is C21H26N4O3. The van der Waals surface area contributed by atoms with E-state index in [0.717, 1.165) is 30.9 Å². The van der Waals surface area contributed by atoms with Gasteiger partial charge in [-0.15, -0.1) is 0 Å². The van der Waals surface area contributed by atoms with Crippen molar-refractivity contribution >= 4 is 23.4 Å². The zero-order valence-corrected chi connectivity index (χ0v) is 15.9. The Morgan fingerprint density at radius 2 is 1.79 bits per heavy atom. The van der Waals surface area contributed by atoms with Crippen LogP contribution in [-0.2, 0) is 16.1 Å². The SMILES string of the molecule is O=C1CCC(N2Cc3c(cccc3N3CC[C@@H]3C3CCNCC3)C2=O)C(=O)N1. The van der Waals surface area contributed by atoms with Crippen LogP contribution in [0.1, 0.15) is 48.0 Å². The molecule has 1 unspecified atom stereocenters. The Kier molecular flexibility index (Phi) is 4.34. The van der Waals surface area contributed by atoms with Crippen molar-refractivity contribution in [2.75, 3.05) is 24.5 Å². The molecule has 4 aliphatic heterocycles. The van der Waals surface area contributed by atoms with E-state index in [0.29, 0.717) is 30.5 Å². The molecule has 5 rings (SSSR count). The van der Waals surface area contributed by atoms with Gasteiger partial charge in [0, 0.05) is 42.4 Å². The third-order valence-corrected chi connectivity index (χ3v) is 6.86. The number of fused-ring (bicyclic) bond motifs is 1. The molecule has 7 nitrogen and oxygen atoms in total. The van der Waals surface area contributed by atoms with Gasteiger partial charge in [0.25, 0.3) is 5.91 Å². The number of nitrogens with zero attached hydrogens (tertiary/aromatic N) is 2. The quantitative estimate of drug-likeness (QED) is 0.763. The monoisotopic (exact) mass is 382 g/mol. The van der Waals surface area contributed by atoms with Crippen molar-refractivity contribution in [1.29, 1.82) is 0 Å². The molecule has 148 valence electrons. The average Bonchev–Trinajstić information content (AvgIpc) is 3.00. The van der Waals surface area contributed by atoms with Gasteiger partial charge >= 0.3 is 0 Å². The second kappa shape index (κ2) is 6.88. The van der Waals surface area contributed by atoms with Gasteiger partial charge in [-0.25, -0.2) is 0 Å². The molecule has 2 atom stereocenters. The Balaban J connectivity index is 1.39. The van der Waals surface area contributed by atoms with Crippen molar-refractivity contribution in [3.8, 4) is 0 Å². The highest BCUT2D eigenvalue weighted by molar-refractivity contribution is 6.06. The number of imide groups is 1. The largest absolute Gasteiger partial charge is 0.368 e. The predicted molar refractivity (Wildman–Crippen MR) is 104 cm³/mol. The molecule has 3 fully saturated rings. The number of piperidine rings is 2. The van der Waals surface area contributed by atoms with Crippen LogP contribution in [0.3, 0.4) is 0 Å². The molecule has 0 aromatic heterocycles. The standard InChI is InChI=1S/C21H26N4O3/c26-19-5-4-18(20(27)23-19)25-12-15-14(21(25)28)2-1-3-17(15)24-11-8-16(24)13-6-9-22-10-7-13/h1-3,13,16,18,22H,4-12H2,(H,23,26,27)/t16-,18?/m1/s1. The van der Waals surface area contributed by atoms with Crippen molar-refractivity contribution in [2.45, 2.75) is 50.7 Å². The van der Waals surface area contributed by atoms with Gasteiger partial charge in [-0.05, 0) is 56.8 Å². The summed E-state index contributed by atoms with van der Waals surface area (Å²) in [6.07, 6.45) is 4.31. The summed E-state index contributed by atoms with van der Waals surface area (Å²) in [5, 5.41) is 5.81. The first kappa shape index (κ1) is 17.7. The lowest BCUT2D eigenvalue weighted by Gasteiger charge is -2.49. The number of carbonyl (C=O) groups is 3. The van der Waals surface area contributed by atoms with Crippen LogP contribution >= 0.6 is 0 Å². The smallest absolute Gasteiger partial charge is 0.255 e. The summed E-state index contributed by atoms with van der Waals surface area (Å²) in [6.45, 7) is 3.65. The fraction of sp³-hybridized carbons (Fsp3) is 0.571. The molecule has 3 saturated heterocycles. The van der Waals surface area contributed by atoms with Crippen LogP contribution < -0.4 is 15.5 Å². The predicted octanol–water partition coefficient (Wildman–Crippen LogP) is 1.03. The van der Waals surface area contributed by atoms with Gasteiger partial charge in [0.15, 0.2) is 0 Å². The van der Waals surface area contributed by atoms with E-state index < -0.39 is 6.04 Å². The third kappa shape index (κ3) is 2.80. The molecule has 1 aromatic carbocycles. The lowest BCUT2D eigenvalue weighted by atomic mass is 9.82. The van der Waals surface area contributed by atoms with Crippen molar-refractivity contribution in [1.82, 2.24) is 15.5 Å². The van der Waals surface area contributed by atoms with Crippen molar-refractivity contribution < 1.29 is 14.4 Å². The van der Waals surface area contributed by atoms with Crippen molar-refractivity contribution in [2.24, 2.45) is 5.92 Å². The van der Waals surface area contributed by atoms with E-state index in [2.05, 4.69) is 21.6 Å². The maximum Gasteiger partial charge on any atom is 0.255 e. The number of benzene rings is 1. The third-order valence-electron chi connectivity index (χ3n) is 6.86. The zero-order valence-electron chi connectivity index (χ0n) is 15.9. The van der Waals surface area contributed by atoms with Crippen molar-refractivity contribution in [3.05, 3.63) is 29.3 Å². The highest BCUT2D eigenvalue weighted by atomic mass is 16.2. The highest BCUT2D eigenvalue weighted by Gasteiger charge is 2.42. The Labute approximate surface area is 164 Å². The Bertz CT molecular complexity index is 833. The molecule has 4 aliphatic rings. The van der Waals surface area contributed by atoms with E-state index in [1.807, 2.05) is 12.1 Å². The maximum atomic E-state index is 13.0. The van der Waals surface area contributed by atoms with E-state index in [-0.39, 0.29) is 24.1 Å². The van der Waals surface area contributed by atoms with E-state index >= 15 is 0 Å². The second-order valence-electron chi connectivity index (χ2n) is 8.34. The first-order valence-corrected chi connectivity index (χ1v) is 10.4. The average molecular weight is 382 g/mol. The normalized spacial score (nSPS) is 28.2. The summed E-state index contributed by atoms with van der Waals surface area (Å²) in [6, 6.07) is 5.94. The van der Waals surface area contributed by atoms with Gasteiger partial charge in [-0.3, -0.25) is 19.7 Å². The minimum absolute atomic E-state index is 0.0923. The van der Waals surface area contributed by atoms with Crippen molar-refractivity contribution in [3.63, 3.8) is 0 Å². The van der Waals surface area contributed by atoms with Crippen LogP contribution in [0.4, 0.5) is 5.69 Å². The number of anilines is 1. The molecule has 0 aliphatic carbocycles. The van der Waals surface area contributed by atoms with Gasteiger partial charge < -0.3 is 15.1 Å². The molecule has 7 heteroatoms. The van der Waals surface area contributed by atoms with Crippen LogP contribution in [0.25, 0.3) is 0 Å². The summed E-state index contributed by atoms with van der Waals surface area (Å²) >= 11 is 0. The van der Waals surface area contributed by atoms with Gasteiger partial charge in [0.1, 0.15) is 6.04 Å². The minimum Gasteiger partial charge on any atom is -0.368 e. The molecule has 1 aromatic rings. The first-order chi connectivity index (χ1) is 13.6. The molecule has 0 bridgehead atoms. The number of nitrogens with one attached hydrogen (secondary N) is 2. The van der Waals surface area contributed by atoms with Gasteiger partial charge in [-0.1, -0.05) is 6.07 Å². The summed E-state index contributed by atoms with van der Waals surface area (Å²) < 4.78 is 0. The summed E-state index contributed by atoms with van der Waals surface area (Å²) in [5.74, 6) is 0.00599. The molecule has 2 N–H and O–H groups in total. The molecule has 0 spiro atoms. The summed E-state index contributed by atoms with van der Waals surface area (Å²) in [7, 11) is 0. The lowest BCUT2D eigenvalue weighted by molar-refractivity contribution is -0.136. The first-order valence-electron chi connectivity index (χ1n) is 10.4. The summed E-state index contributed by atoms with van der Waals surface area (Å²) in [5.41, 5.74) is 2.89. The topological polar surface area (TPSA) is 81.8 Å². The fourth-order valence-corrected chi connectivity index (χ4v) is 5.26. The zero-order chi connectivity index (χ0) is 19.3. The van der Waals surface area contributed by atoms with Crippen LogP contribution in [0.15, 0.2) is 18.2 Å². The molecule has 3 amide bonds. The van der Waals surface area contributed by atoms with E-state index in [9.17, 15) is 14.4 Å². The minimum atomic E-state index is -0.554. The number of amides is 3. The number of rotatable bonds is 3. The number of carbonyl (C=O) groups excluding carboxylic acids is 3. The van der Waals surface area contributed by atoms with Gasteiger partial charge in [0.2, 0.25) is 11.8 Å². The van der Waals surface area contributed by atoms with E-state index in [4.69, 9.17) is 0 Å². The highest BCUT2D eigenvalue weighted by Crippen LogP contribution is 2.40. The molecule has 28 heavy (non-hydrogen) atoms. The maximum absolute atomic E-state index is 13.0. The lowest BCUT2D eigenvalue weighted by Crippen LogP contribution is -2.54. The molecular weight excluding hydrogens is 356 g/mol. The Morgan fingerprint density at radius 3 is 2.50 bits per heavy atom. The Hall–Kier alpha value is -2.41. The van der Waals surface area contributed by atoms with Crippen LogP contribution in [0.2, 0.25) is 0 Å². The van der Waals surface area contributed by atoms with Gasteiger partial charge in [-0.2, -0.15) is 0 Å². The molecule has 0 saturated carbocycles. The molecule has 0 radical (unpaired) electrons. The van der Waals surface area contributed by atoms with Crippen LogP contribution in [0, 0.1) is 5.92 Å². The van der Waals surface area contributed by atoms with Crippen LogP contribution in [-0.4, -0.2) is 54.3 Å².